The summed E-state index contributed by atoms with van der Waals surface area (Å²) >= 11 is 0. The van der Waals surface area contributed by atoms with Crippen LogP contribution < -0.4 is 5.32 Å². The Morgan fingerprint density at radius 1 is 0.906 bits per heavy atom. The Morgan fingerprint density at radius 3 is 2.31 bits per heavy atom. The van der Waals surface area contributed by atoms with Crippen LogP contribution in [0.15, 0.2) is 54.6 Å². The summed E-state index contributed by atoms with van der Waals surface area (Å²) in [6.45, 7) is 2.73. The Hall–Kier alpha value is -2.37. The highest BCUT2D eigenvalue weighted by molar-refractivity contribution is 5.74. The number of aliphatic hydroxyl groups excluding tert-OH is 1. The number of hydrogen-bond acceptors (Lipinski definition) is 3. The largest absolute Gasteiger partial charge is 0.395 e. The first-order valence-corrected chi connectivity index (χ1v) is 12.3. The quantitative estimate of drug-likeness (QED) is 0.759. The number of carbonyl (C=O) groups is 1. The molecule has 2 aliphatic heterocycles. The van der Waals surface area contributed by atoms with Crippen molar-refractivity contribution in [2.45, 2.75) is 62.6 Å². The van der Waals surface area contributed by atoms with Gasteiger partial charge in [-0.3, -0.25) is 4.90 Å². The third kappa shape index (κ3) is 4.28. The number of hydrogen-bond donors (Lipinski definition) is 2. The Labute approximate surface area is 191 Å². The molecular formula is C27H35N3O2. The number of nitrogens with zero attached hydrogens (tertiary/aromatic N) is 2. The van der Waals surface area contributed by atoms with Crippen molar-refractivity contribution in [2.24, 2.45) is 0 Å². The normalized spacial score (nSPS) is 26.7. The Balaban J connectivity index is 1.33. The van der Waals surface area contributed by atoms with Gasteiger partial charge in [0.2, 0.25) is 0 Å². The molecule has 2 aromatic rings. The van der Waals surface area contributed by atoms with Gasteiger partial charge in [-0.2, -0.15) is 0 Å². The molecule has 0 bridgehead atoms. The second-order valence-electron chi connectivity index (χ2n) is 9.65. The number of nitrogens with one attached hydrogen (secondary N) is 1. The van der Waals surface area contributed by atoms with E-state index in [9.17, 15) is 9.90 Å². The summed E-state index contributed by atoms with van der Waals surface area (Å²) in [5.41, 5.74) is 3.69. The van der Waals surface area contributed by atoms with E-state index in [0.29, 0.717) is 6.04 Å². The lowest BCUT2D eigenvalue weighted by Crippen LogP contribution is -2.68. The highest BCUT2D eigenvalue weighted by Crippen LogP contribution is 2.42. The van der Waals surface area contributed by atoms with E-state index >= 15 is 0 Å². The molecular weight excluding hydrogens is 398 g/mol. The molecule has 0 radical (unpaired) electrons. The average molecular weight is 434 g/mol. The van der Waals surface area contributed by atoms with Crippen molar-refractivity contribution < 1.29 is 9.90 Å². The molecule has 2 N–H and O–H groups in total. The van der Waals surface area contributed by atoms with Gasteiger partial charge >= 0.3 is 6.03 Å². The first kappa shape index (κ1) is 21.5. The van der Waals surface area contributed by atoms with Crippen molar-refractivity contribution in [3.05, 3.63) is 60.2 Å². The molecule has 3 aliphatic rings. The first-order valence-electron chi connectivity index (χ1n) is 12.3. The van der Waals surface area contributed by atoms with E-state index in [1.54, 1.807) is 0 Å². The van der Waals surface area contributed by atoms with Gasteiger partial charge in [-0.15, -0.1) is 0 Å². The predicted molar refractivity (Wildman–Crippen MR) is 128 cm³/mol. The fourth-order valence-corrected chi connectivity index (χ4v) is 5.99. The van der Waals surface area contributed by atoms with E-state index in [4.69, 9.17) is 0 Å². The minimum atomic E-state index is 0.101. The maximum Gasteiger partial charge on any atom is 0.317 e. The van der Waals surface area contributed by atoms with Crippen molar-refractivity contribution in [3.8, 4) is 11.1 Å². The smallest absolute Gasteiger partial charge is 0.317 e. The second-order valence-corrected chi connectivity index (χ2v) is 9.65. The second kappa shape index (κ2) is 9.63. The molecule has 2 saturated heterocycles. The Morgan fingerprint density at radius 2 is 1.59 bits per heavy atom. The van der Waals surface area contributed by atoms with Crippen LogP contribution in [0.3, 0.4) is 0 Å². The number of aliphatic hydroxyl groups is 1. The Bertz CT molecular complexity index is 895. The predicted octanol–water partition coefficient (Wildman–Crippen LogP) is 4.23. The molecule has 0 unspecified atom stereocenters. The third-order valence-electron chi connectivity index (χ3n) is 7.74. The summed E-state index contributed by atoms with van der Waals surface area (Å²) < 4.78 is 0. The number of urea groups is 1. The van der Waals surface area contributed by atoms with Crippen LogP contribution in [-0.2, 0) is 0 Å². The lowest BCUT2D eigenvalue weighted by molar-refractivity contribution is -0.0591. The van der Waals surface area contributed by atoms with E-state index in [1.807, 2.05) is 11.0 Å². The van der Waals surface area contributed by atoms with Crippen molar-refractivity contribution in [2.75, 3.05) is 26.2 Å². The molecule has 5 nitrogen and oxygen atoms in total. The fraction of sp³-hybridized carbons (Fsp3) is 0.519. The van der Waals surface area contributed by atoms with Crippen LogP contribution in [0, 0.1) is 0 Å². The molecule has 1 aliphatic carbocycles. The van der Waals surface area contributed by atoms with Gasteiger partial charge in [-0.1, -0.05) is 67.4 Å². The van der Waals surface area contributed by atoms with E-state index < -0.39 is 0 Å². The van der Waals surface area contributed by atoms with Crippen LogP contribution in [0.5, 0.6) is 0 Å². The molecule has 3 fully saturated rings. The van der Waals surface area contributed by atoms with Gasteiger partial charge < -0.3 is 15.3 Å². The van der Waals surface area contributed by atoms with E-state index in [0.717, 1.165) is 45.3 Å². The molecule has 0 spiro atoms. The summed E-state index contributed by atoms with van der Waals surface area (Å²) in [5.74, 6) is 0.254. The van der Waals surface area contributed by atoms with E-state index in [2.05, 4.69) is 58.7 Å². The molecule has 170 valence electrons. The van der Waals surface area contributed by atoms with Gasteiger partial charge in [0.25, 0.3) is 0 Å². The average Bonchev–Trinajstić information content (AvgIpc) is 3.32. The van der Waals surface area contributed by atoms with Crippen LogP contribution in [-0.4, -0.2) is 65.3 Å². The van der Waals surface area contributed by atoms with Crippen molar-refractivity contribution >= 4 is 6.03 Å². The summed E-state index contributed by atoms with van der Waals surface area (Å²) in [7, 11) is 0. The first-order chi connectivity index (χ1) is 15.7. The maximum absolute atomic E-state index is 13.0. The van der Waals surface area contributed by atoms with Crippen LogP contribution in [0.1, 0.15) is 50.0 Å². The number of carbonyl (C=O) groups excluding carboxylic acids is 1. The van der Waals surface area contributed by atoms with Gasteiger partial charge in [-0.05, 0) is 48.9 Å². The van der Waals surface area contributed by atoms with Gasteiger partial charge in [0.05, 0.1) is 6.61 Å². The minimum Gasteiger partial charge on any atom is -0.395 e. The fourth-order valence-electron chi connectivity index (χ4n) is 5.99. The van der Waals surface area contributed by atoms with Crippen LogP contribution in [0.25, 0.3) is 11.1 Å². The zero-order chi connectivity index (χ0) is 21.9. The molecule has 0 aromatic heterocycles. The highest BCUT2D eigenvalue weighted by atomic mass is 16.3. The molecule has 5 rings (SSSR count). The molecule has 2 aromatic carbocycles. The summed E-state index contributed by atoms with van der Waals surface area (Å²) in [5, 5.41) is 13.5. The molecule has 3 atom stereocenters. The van der Waals surface area contributed by atoms with E-state index in [1.165, 1.54) is 29.5 Å². The zero-order valence-electron chi connectivity index (χ0n) is 18.8. The van der Waals surface area contributed by atoms with E-state index in [-0.39, 0.29) is 30.6 Å². The number of fused-ring (bicyclic) bond motifs is 1. The van der Waals surface area contributed by atoms with Gasteiger partial charge in [0.15, 0.2) is 0 Å². The summed E-state index contributed by atoms with van der Waals surface area (Å²) in [4.78, 5) is 17.5. The van der Waals surface area contributed by atoms with Gasteiger partial charge in [-0.25, -0.2) is 4.79 Å². The summed E-state index contributed by atoms with van der Waals surface area (Å²) in [6.07, 6.45) is 6.76. The Kier molecular flexibility index (Phi) is 6.47. The lowest BCUT2D eigenvalue weighted by atomic mass is 9.74. The van der Waals surface area contributed by atoms with Gasteiger partial charge in [0, 0.05) is 37.1 Å². The van der Waals surface area contributed by atoms with Crippen molar-refractivity contribution in [1.29, 1.82) is 0 Å². The minimum absolute atomic E-state index is 0.101. The molecule has 5 heteroatoms. The van der Waals surface area contributed by atoms with Crippen molar-refractivity contribution in [3.63, 3.8) is 0 Å². The van der Waals surface area contributed by atoms with Crippen LogP contribution in [0.4, 0.5) is 4.79 Å². The molecule has 2 heterocycles. The highest BCUT2D eigenvalue weighted by Gasteiger charge is 2.49. The maximum atomic E-state index is 13.0. The monoisotopic (exact) mass is 433 g/mol. The summed E-state index contributed by atoms with van der Waals surface area (Å²) in [6, 6.07) is 20.1. The zero-order valence-corrected chi connectivity index (χ0v) is 18.8. The third-order valence-corrected chi connectivity index (χ3v) is 7.74. The number of benzene rings is 2. The standard InChI is InChI=1S/C27H35N3O2/c31-19-25-26(22-14-12-21(13-15-22)20-8-2-1-3-9-20)24-18-29(16-6-7-17-30(24)25)27(32)28-23-10-4-5-11-23/h1-3,8-9,12-15,23-26,31H,4-7,10-11,16-19H2,(H,28,32)/t24-,25-,26-/m0/s1. The number of rotatable bonds is 4. The number of amides is 2. The van der Waals surface area contributed by atoms with Crippen LogP contribution in [0.2, 0.25) is 0 Å². The SMILES string of the molecule is O=C(NC1CCCC1)N1CCCCN2[C@@H](CO)[C@@H](c3ccc(-c4ccccc4)cc3)[C@@H]2C1. The van der Waals surface area contributed by atoms with Crippen molar-refractivity contribution in [1.82, 2.24) is 15.1 Å². The molecule has 2 amide bonds. The van der Waals surface area contributed by atoms with Crippen LogP contribution >= 0.6 is 0 Å². The topological polar surface area (TPSA) is 55.8 Å². The van der Waals surface area contributed by atoms with Gasteiger partial charge in [0.1, 0.15) is 0 Å². The molecule has 1 saturated carbocycles. The molecule has 32 heavy (non-hydrogen) atoms. The lowest BCUT2D eigenvalue weighted by Gasteiger charge is -2.57.